The number of carboxylic acids is 1. The normalized spacial score (nSPS) is 10.5. The van der Waals surface area contributed by atoms with Crippen LogP contribution in [0.4, 0.5) is 0 Å². The SMILES string of the molecule is CC(C)(C)CCCC(=O)O.COc1cc(CN)cc(OC)c1. The van der Waals surface area contributed by atoms with E-state index in [4.69, 9.17) is 20.3 Å². The van der Waals surface area contributed by atoms with Gasteiger partial charge in [-0.1, -0.05) is 20.8 Å². The minimum Gasteiger partial charge on any atom is -0.497 e. The van der Waals surface area contributed by atoms with Crippen LogP contribution in [0.25, 0.3) is 0 Å². The number of hydrogen-bond acceptors (Lipinski definition) is 4. The highest BCUT2D eigenvalue weighted by molar-refractivity contribution is 5.66. The standard InChI is InChI=1S/C9H13NO2.C8H16O2/c1-11-8-3-7(6-10)4-9(5-8)12-2;1-8(2,3)6-4-5-7(9)10/h3-5H,6,10H2,1-2H3;4-6H2,1-3H3,(H,9,10). The molecule has 0 atom stereocenters. The summed E-state index contributed by atoms with van der Waals surface area (Å²) in [7, 11) is 3.24. The molecular formula is C17H29NO4. The van der Waals surface area contributed by atoms with E-state index in [0.29, 0.717) is 13.0 Å². The minimum atomic E-state index is -0.691. The number of nitrogens with two attached hydrogens (primary N) is 1. The molecule has 0 radical (unpaired) electrons. The zero-order chi connectivity index (χ0) is 17.2. The fraction of sp³-hybridized carbons (Fsp3) is 0.588. The summed E-state index contributed by atoms with van der Waals surface area (Å²) in [4.78, 5) is 10.1. The van der Waals surface area contributed by atoms with Crippen LogP contribution in [0.2, 0.25) is 0 Å². The minimum absolute atomic E-state index is 0.273. The summed E-state index contributed by atoms with van der Waals surface area (Å²) < 4.78 is 10.1. The fourth-order valence-electron chi connectivity index (χ4n) is 1.75. The Hall–Kier alpha value is -1.75. The van der Waals surface area contributed by atoms with E-state index < -0.39 is 5.97 Å². The number of ether oxygens (including phenoxy) is 2. The van der Waals surface area contributed by atoms with Gasteiger partial charge in [0.25, 0.3) is 0 Å². The molecule has 126 valence electrons. The third kappa shape index (κ3) is 10.0. The average Bonchev–Trinajstić information content (AvgIpc) is 2.45. The van der Waals surface area contributed by atoms with Crippen molar-refractivity contribution in [1.29, 1.82) is 0 Å². The van der Waals surface area contributed by atoms with Crippen LogP contribution in [0.3, 0.4) is 0 Å². The summed E-state index contributed by atoms with van der Waals surface area (Å²) >= 11 is 0. The highest BCUT2D eigenvalue weighted by atomic mass is 16.5. The van der Waals surface area contributed by atoms with E-state index >= 15 is 0 Å². The molecule has 1 aromatic carbocycles. The molecule has 3 N–H and O–H groups in total. The second-order valence-electron chi connectivity index (χ2n) is 6.23. The Morgan fingerprint density at radius 2 is 1.64 bits per heavy atom. The summed E-state index contributed by atoms with van der Waals surface area (Å²) in [5.41, 5.74) is 6.76. The van der Waals surface area contributed by atoms with Crippen molar-refractivity contribution in [1.82, 2.24) is 0 Å². The van der Waals surface area contributed by atoms with Gasteiger partial charge in [-0.3, -0.25) is 4.79 Å². The Morgan fingerprint density at radius 1 is 1.14 bits per heavy atom. The summed E-state index contributed by atoms with van der Waals surface area (Å²) in [5.74, 6) is 0.855. The maximum Gasteiger partial charge on any atom is 0.303 e. The molecule has 1 rings (SSSR count). The van der Waals surface area contributed by atoms with Gasteiger partial charge in [0, 0.05) is 19.0 Å². The first-order valence-corrected chi connectivity index (χ1v) is 7.35. The van der Waals surface area contributed by atoms with Crippen LogP contribution < -0.4 is 15.2 Å². The van der Waals surface area contributed by atoms with Crippen molar-refractivity contribution < 1.29 is 19.4 Å². The van der Waals surface area contributed by atoms with Gasteiger partial charge in [0.15, 0.2) is 0 Å². The smallest absolute Gasteiger partial charge is 0.303 e. The molecule has 0 aliphatic rings. The quantitative estimate of drug-likeness (QED) is 0.841. The van der Waals surface area contributed by atoms with Gasteiger partial charge < -0.3 is 20.3 Å². The fourth-order valence-corrected chi connectivity index (χ4v) is 1.75. The van der Waals surface area contributed by atoms with Crippen molar-refractivity contribution in [2.24, 2.45) is 11.1 Å². The summed E-state index contributed by atoms with van der Waals surface area (Å²) in [5, 5.41) is 8.31. The highest BCUT2D eigenvalue weighted by Crippen LogP contribution is 2.22. The first kappa shape index (κ1) is 20.2. The zero-order valence-electron chi connectivity index (χ0n) is 14.3. The van der Waals surface area contributed by atoms with E-state index in [1.54, 1.807) is 14.2 Å². The summed E-state index contributed by atoms with van der Waals surface area (Å²) in [6.45, 7) is 6.85. The Bertz CT molecular complexity index is 397. The van der Waals surface area contributed by atoms with Crippen molar-refractivity contribution in [2.45, 2.75) is 46.6 Å². The third-order valence-electron chi connectivity index (χ3n) is 2.96. The van der Waals surface area contributed by atoms with Gasteiger partial charge in [-0.25, -0.2) is 0 Å². The molecule has 0 saturated carbocycles. The first-order valence-electron chi connectivity index (χ1n) is 7.35. The van der Waals surface area contributed by atoms with Crippen molar-refractivity contribution >= 4 is 5.97 Å². The Kier molecular flexibility index (Phi) is 9.26. The Labute approximate surface area is 133 Å². The molecular weight excluding hydrogens is 282 g/mol. The van der Waals surface area contributed by atoms with E-state index in [9.17, 15) is 4.79 Å². The van der Waals surface area contributed by atoms with E-state index in [1.807, 2.05) is 18.2 Å². The predicted octanol–water partition coefficient (Wildman–Crippen LogP) is 3.45. The van der Waals surface area contributed by atoms with Crippen molar-refractivity contribution in [3.8, 4) is 11.5 Å². The largest absolute Gasteiger partial charge is 0.497 e. The molecule has 0 amide bonds. The lowest BCUT2D eigenvalue weighted by Crippen LogP contribution is -2.05. The van der Waals surface area contributed by atoms with Crippen LogP contribution in [0.1, 0.15) is 45.6 Å². The summed E-state index contributed by atoms with van der Waals surface area (Å²) in [6.07, 6.45) is 2.08. The molecule has 22 heavy (non-hydrogen) atoms. The predicted molar refractivity (Wildman–Crippen MR) is 88.4 cm³/mol. The number of hydrogen-bond donors (Lipinski definition) is 2. The maximum atomic E-state index is 10.1. The number of aliphatic carboxylic acids is 1. The van der Waals surface area contributed by atoms with Crippen LogP contribution in [0.5, 0.6) is 11.5 Å². The molecule has 0 aliphatic heterocycles. The van der Waals surface area contributed by atoms with Crippen molar-refractivity contribution in [2.75, 3.05) is 14.2 Å². The van der Waals surface area contributed by atoms with Gasteiger partial charge in [0.1, 0.15) is 11.5 Å². The lowest BCUT2D eigenvalue weighted by atomic mass is 9.90. The van der Waals surface area contributed by atoms with Gasteiger partial charge in [0.2, 0.25) is 0 Å². The third-order valence-corrected chi connectivity index (χ3v) is 2.96. The lowest BCUT2D eigenvalue weighted by Gasteiger charge is -2.16. The molecule has 0 heterocycles. The van der Waals surface area contributed by atoms with Crippen LogP contribution in [-0.4, -0.2) is 25.3 Å². The molecule has 0 aromatic heterocycles. The number of benzene rings is 1. The molecule has 0 unspecified atom stereocenters. The van der Waals surface area contributed by atoms with Crippen LogP contribution >= 0.6 is 0 Å². The highest BCUT2D eigenvalue weighted by Gasteiger charge is 2.09. The molecule has 0 saturated heterocycles. The van der Waals surface area contributed by atoms with E-state index in [1.165, 1.54) is 0 Å². The van der Waals surface area contributed by atoms with Gasteiger partial charge >= 0.3 is 5.97 Å². The van der Waals surface area contributed by atoms with Crippen LogP contribution in [0.15, 0.2) is 18.2 Å². The number of methoxy groups -OCH3 is 2. The van der Waals surface area contributed by atoms with E-state index in [2.05, 4.69) is 20.8 Å². The molecule has 0 bridgehead atoms. The van der Waals surface area contributed by atoms with Gasteiger partial charge in [-0.2, -0.15) is 0 Å². The molecule has 0 fully saturated rings. The van der Waals surface area contributed by atoms with Gasteiger partial charge in [0.05, 0.1) is 14.2 Å². The monoisotopic (exact) mass is 311 g/mol. The van der Waals surface area contributed by atoms with Crippen LogP contribution in [-0.2, 0) is 11.3 Å². The molecule has 5 nitrogen and oxygen atoms in total. The number of carbonyl (C=O) groups is 1. The lowest BCUT2D eigenvalue weighted by molar-refractivity contribution is -0.137. The van der Waals surface area contributed by atoms with Crippen molar-refractivity contribution in [3.63, 3.8) is 0 Å². The Morgan fingerprint density at radius 3 is 1.95 bits per heavy atom. The van der Waals surface area contributed by atoms with Crippen LogP contribution in [0, 0.1) is 5.41 Å². The average molecular weight is 311 g/mol. The topological polar surface area (TPSA) is 81.8 Å². The molecule has 5 heteroatoms. The second kappa shape index (κ2) is 10.1. The van der Waals surface area contributed by atoms with Crippen molar-refractivity contribution in [3.05, 3.63) is 23.8 Å². The summed E-state index contributed by atoms with van der Waals surface area (Å²) in [6, 6.07) is 5.60. The zero-order valence-corrected chi connectivity index (χ0v) is 14.3. The Balaban J connectivity index is 0.000000409. The molecule has 0 aliphatic carbocycles. The van der Waals surface area contributed by atoms with Gasteiger partial charge in [-0.05, 0) is 36.0 Å². The molecule has 0 spiro atoms. The molecule has 1 aromatic rings. The second-order valence-corrected chi connectivity index (χ2v) is 6.23. The van der Waals surface area contributed by atoms with E-state index in [0.717, 1.165) is 29.9 Å². The maximum absolute atomic E-state index is 10.1. The number of carboxylic acid groups (broad SMARTS) is 1. The van der Waals surface area contributed by atoms with Gasteiger partial charge in [-0.15, -0.1) is 0 Å². The number of rotatable bonds is 6. The van der Waals surface area contributed by atoms with E-state index in [-0.39, 0.29) is 5.41 Å². The first-order chi connectivity index (χ1) is 10.2.